The molecule has 1 N–H and O–H groups in total. The van der Waals surface area contributed by atoms with Gasteiger partial charge in [-0.15, -0.1) is 0 Å². The van der Waals surface area contributed by atoms with Gasteiger partial charge in [0.05, 0.1) is 12.1 Å². The topological polar surface area (TPSA) is 71.0 Å². The van der Waals surface area contributed by atoms with E-state index in [0.717, 1.165) is 29.1 Å². The zero-order chi connectivity index (χ0) is 16.9. The highest BCUT2D eigenvalue weighted by molar-refractivity contribution is 9.10. The van der Waals surface area contributed by atoms with Gasteiger partial charge in [0, 0.05) is 41.7 Å². The number of nitrogens with zero attached hydrogens (tertiary/aromatic N) is 4. The van der Waals surface area contributed by atoms with Crippen molar-refractivity contribution < 1.29 is 4.79 Å². The fourth-order valence-corrected chi connectivity index (χ4v) is 3.14. The van der Waals surface area contributed by atoms with Crippen molar-refractivity contribution >= 4 is 27.7 Å². The zero-order valence-electron chi connectivity index (χ0n) is 13.6. The summed E-state index contributed by atoms with van der Waals surface area (Å²) in [5.41, 5.74) is 1.42. The van der Waals surface area contributed by atoms with Crippen LogP contribution in [-0.4, -0.2) is 33.9 Å². The molecular formula is C17H20BrN5O. The van der Waals surface area contributed by atoms with Gasteiger partial charge in [-0.05, 0) is 48.2 Å². The van der Waals surface area contributed by atoms with Crippen LogP contribution in [0.15, 0.2) is 29.0 Å². The molecule has 0 spiro atoms. The van der Waals surface area contributed by atoms with Gasteiger partial charge >= 0.3 is 0 Å². The van der Waals surface area contributed by atoms with E-state index in [0.29, 0.717) is 17.9 Å². The molecule has 1 aliphatic heterocycles. The van der Waals surface area contributed by atoms with Gasteiger partial charge in [0.25, 0.3) is 5.91 Å². The van der Waals surface area contributed by atoms with E-state index in [1.165, 1.54) is 25.5 Å². The summed E-state index contributed by atoms with van der Waals surface area (Å²) in [4.78, 5) is 27.6. The molecule has 0 saturated carbocycles. The SMILES string of the molecule is Cc1cc(N2CCCCC2)nc(CNC(=O)c2cncc(Br)c2)n1. The van der Waals surface area contributed by atoms with Gasteiger partial charge in [-0.3, -0.25) is 9.78 Å². The van der Waals surface area contributed by atoms with Crippen molar-refractivity contribution in [2.45, 2.75) is 32.7 Å². The van der Waals surface area contributed by atoms with E-state index in [4.69, 9.17) is 0 Å². The molecule has 0 aromatic carbocycles. The monoisotopic (exact) mass is 389 g/mol. The number of hydrogen-bond donors (Lipinski definition) is 1. The minimum atomic E-state index is -0.187. The molecule has 3 heterocycles. The summed E-state index contributed by atoms with van der Waals surface area (Å²) >= 11 is 3.32. The largest absolute Gasteiger partial charge is 0.357 e. The molecule has 24 heavy (non-hydrogen) atoms. The molecule has 0 atom stereocenters. The van der Waals surface area contributed by atoms with Gasteiger partial charge in [0.15, 0.2) is 0 Å². The van der Waals surface area contributed by atoms with Crippen molar-refractivity contribution in [2.24, 2.45) is 0 Å². The molecule has 1 saturated heterocycles. The first kappa shape index (κ1) is 16.8. The number of anilines is 1. The lowest BCUT2D eigenvalue weighted by Crippen LogP contribution is -2.31. The summed E-state index contributed by atoms with van der Waals surface area (Å²) in [6.45, 7) is 4.32. The average molecular weight is 390 g/mol. The Morgan fingerprint density at radius 1 is 1.21 bits per heavy atom. The third-order valence-electron chi connectivity index (χ3n) is 3.94. The van der Waals surface area contributed by atoms with E-state index in [1.54, 1.807) is 12.3 Å². The van der Waals surface area contributed by atoms with Crippen molar-refractivity contribution in [3.05, 3.63) is 46.1 Å². The molecule has 1 fully saturated rings. The lowest BCUT2D eigenvalue weighted by Gasteiger charge is -2.28. The third kappa shape index (κ3) is 4.29. The molecule has 126 valence electrons. The Morgan fingerprint density at radius 2 is 2.00 bits per heavy atom. The van der Waals surface area contributed by atoms with Crippen molar-refractivity contribution in [2.75, 3.05) is 18.0 Å². The third-order valence-corrected chi connectivity index (χ3v) is 4.37. The predicted molar refractivity (Wildman–Crippen MR) is 95.9 cm³/mol. The van der Waals surface area contributed by atoms with Crippen LogP contribution < -0.4 is 10.2 Å². The van der Waals surface area contributed by atoms with Crippen LogP contribution in [0.1, 0.15) is 41.1 Å². The molecule has 1 aliphatic rings. The Bertz CT molecular complexity index is 731. The van der Waals surface area contributed by atoms with Crippen LogP contribution in [0.3, 0.4) is 0 Å². The van der Waals surface area contributed by atoms with E-state index < -0.39 is 0 Å². The number of carbonyl (C=O) groups excluding carboxylic acids is 1. The quantitative estimate of drug-likeness (QED) is 0.870. The van der Waals surface area contributed by atoms with Gasteiger partial charge < -0.3 is 10.2 Å². The number of aromatic nitrogens is 3. The van der Waals surface area contributed by atoms with E-state index in [2.05, 4.69) is 41.1 Å². The molecule has 0 aliphatic carbocycles. The van der Waals surface area contributed by atoms with Gasteiger partial charge in [0.2, 0.25) is 0 Å². The maximum Gasteiger partial charge on any atom is 0.253 e. The summed E-state index contributed by atoms with van der Waals surface area (Å²) in [6.07, 6.45) is 6.86. The normalized spacial score (nSPS) is 14.5. The minimum absolute atomic E-state index is 0.187. The van der Waals surface area contributed by atoms with Crippen LogP contribution in [0.2, 0.25) is 0 Å². The highest BCUT2D eigenvalue weighted by atomic mass is 79.9. The van der Waals surface area contributed by atoms with Crippen LogP contribution in [0.25, 0.3) is 0 Å². The van der Waals surface area contributed by atoms with Gasteiger partial charge in [-0.2, -0.15) is 0 Å². The summed E-state index contributed by atoms with van der Waals surface area (Å²) in [6, 6.07) is 3.74. The summed E-state index contributed by atoms with van der Waals surface area (Å²) < 4.78 is 0.773. The molecule has 0 unspecified atom stereocenters. The fourth-order valence-electron chi connectivity index (χ4n) is 2.77. The van der Waals surface area contributed by atoms with Gasteiger partial charge in [-0.1, -0.05) is 0 Å². The molecule has 2 aromatic heterocycles. The van der Waals surface area contributed by atoms with Crippen molar-refractivity contribution in [3.8, 4) is 0 Å². The minimum Gasteiger partial charge on any atom is -0.357 e. The van der Waals surface area contributed by atoms with E-state index in [-0.39, 0.29) is 5.91 Å². The van der Waals surface area contributed by atoms with E-state index in [1.807, 2.05) is 13.0 Å². The van der Waals surface area contributed by atoms with Gasteiger partial charge in [0.1, 0.15) is 11.6 Å². The van der Waals surface area contributed by atoms with Crippen LogP contribution in [0.5, 0.6) is 0 Å². The first-order valence-electron chi connectivity index (χ1n) is 8.10. The predicted octanol–water partition coefficient (Wildman–Crippen LogP) is 2.86. The maximum absolute atomic E-state index is 12.2. The number of hydrogen-bond acceptors (Lipinski definition) is 5. The fraction of sp³-hybridized carbons (Fsp3) is 0.412. The molecular weight excluding hydrogens is 370 g/mol. The van der Waals surface area contributed by atoms with E-state index >= 15 is 0 Å². The van der Waals surface area contributed by atoms with Crippen LogP contribution in [-0.2, 0) is 6.54 Å². The first-order valence-corrected chi connectivity index (χ1v) is 8.89. The molecule has 1 amide bonds. The Balaban J connectivity index is 1.68. The second-order valence-corrected chi connectivity index (χ2v) is 6.82. The lowest BCUT2D eigenvalue weighted by molar-refractivity contribution is 0.0949. The summed E-state index contributed by atoms with van der Waals surface area (Å²) in [7, 11) is 0. The smallest absolute Gasteiger partial charge is 0.253 e. The van der Waals surface area contributed by atoms with Crippen molar-refractivity contribution in [1.82, 2.24) is 20.3 Å². The van der Waals surface area contributed by atoms with E-state index in [9.17, 15) is 4.79 Å². The summed E-state index contributed by atoms with van der Waals surface area (Å²) in [5, 5.41) is 2.86. The van der Waals surface area contributed by atoms with Crippen LogP contribution in [0, 0.1) is 6.92 Å². The van der Waals surface area contributed by atoms with Crippen LogP contribution >= 0.6 is 15.9 Å². The Morgan fingerprint density at radius 3 is 2.75 bits per heavy atom. The second kappa shape index (κ2) is 7.70. The molecule has 3 rings (SSSR count). The molecule has 7 heteroatoms. The molecule has 0 bridgehead atoms. The van der Waals surface area contributed by atoms with Crippen LogP contribution in [0.4, 0.5) is 5.82 Å². The number of carbonyl (C=O) groups is 1. The molecule has 2 aromatic rings. The maximum atomic E-state index is 12.2. The number of pyridine rings is 1. The van der Waals surface area contributed by atoms with Crippen molar-refractivity contribution in [3.63, 3.8) is 0 Å². The highest BCUT2D eigenvalue weighted by Gasteiger charge is 2.14. The number of piperidine rings is 1. The lowest BCUT2D eigenvalue weighted by atomic mass is 10.1. The summed E-state index contributed by atoms with van der Waals surface area (Å²) in [5.74, 6) is 1.40. The first-order chi connectivity index (χ1) is 11.6. The molecule has 6 nitrogen and oxygen atoms in total. The highest BCUT2D eigenvalue weighted by Crippen LogP contribution is 2.18. The van der Waals surface area contributed by atoms with Gasteiger partial charge in [-0.25, -0.2) is 9.97 Å². The Hall–Kier alpha value is -2.02. The van der Waals surface area contributed by atoms with Crippen molar-refractivity contribution in [1.29, 1.82) is 0 Å². The standard InChI is InChI=1S/C17H20BrN5O/c1-12-7-16(23-5-3-2-4-6-23)22-15(21-12)11-20-17(24)13-8-14(18)10-19-9-13/h7-10H,2-6,11H2,1H3,(H,20,24). The number of halogens is 1. The number of nitrogens with one attached hydrogen (secondary N) is 1. The number of amides is 1. The Labute approximate surface area is 149 Å². The average Bonchev–Trinajstić information content (AvgIpc) is 2.60. The zero-order valence-corrected chi connectivity index (χ0v) is 15.2. The number of aryl methyl sites for hydroxylation is 1. The second-order valence-electron chi connectivity index (χ2n) is 5.91. The number of rotatable bonds is 4. The Kier molecular flexibility index (Phi) is 5.40. The molecule has 0 radical (unpaired) electrons.